The Morgan fingerprint density at radius 1 is 1.19 bits per heavy atom. The van der Waals surface area contributed by atoms with Gasteiger partial charge in [-0.1, -0.05) is 49.1 Å². The summed E-state index contributed by atoms with van der Waals surface area (Å²) in [5.41, 5.74) is 2.53. The van der Waals surface area contributed by atoms with Gasteiger partial charge in [0.25, 0.3) is 0 Å². The van der Waals surface area contributed by atoms with Gasteiger partial charge in [0.05, 0.1) is 6.61 Å². The molecule has 2 aromatic carbocycles. The Balaban J connectivity index is 2.58. The third kappa shape index (κ3) is 2.00. The molecule has 0 aliphatic rings. The van der Waals surface area contributed by atoms with Gasteiger partial charge in [-0.2, -0.15) is 0 Å². The lowest BCUT2D eigenvalue weighted by Gasteiger charge is -2.10. The molecule has 0 N–H and O–H groups in total. The quantitative estimate of drug-likeness (QED) is 0.751. The van der Waals surface area contributed by atoms with Crippen molar-refractivity contribution in [2.45, 2.75) is 6.42 Å². The molecule has 16 heavy (non-hydrogen) atoms. The Morgan fingerprint density at radius 2 is 2.00 bits per heavy atom. The van der Waals surface area contributed by atoms with Crippen LogP contribution in [-0.4, -0.2) is 13.7 Å². The van der Waals surface area contributed by atoms with Crippen LogP contribution in [0.2, 0.25) is 0 Å². The number of fused-ring (bicyclic) bond motifs is 1. The molecule has 1 nitrogen and oxygen atoms in total. The van der Waals surface area contributed by atoms with E-state index in [2.05, 4.69) is 43.0 Å². The number of ether oxygens (including phenoxy) is 1. The van der Waals surface area contributed by atoms with Crippen LogP contribution in [0.15, 0.2) is 43.0 Å². The van der Waals surface area contributed by atoms with E-state index in [4.69, 9.17) is 4.74 Å². The van der Waals surface area contributed by atoms with E-state index >= 15 is 0 Å². The van der Waals surface area contributed by atoms with E-state index in [1.807, 2.05) is 6.08 Å². The van der Waals surface area contributed by atoms with Crippen LogP contribution >= 0.6 is 0 Å². The zero-order valence-electron chi connectivity index (χ0n) is 9.57. The van der Waals surface area contributed by atoms with Gasteiger partial charge in [0.1, 0.15) is 0 Å². The monoisotopic (exact) mass is 212 g/mol. The molecule has 0 aliphatic heterocycles. The third-order valence-corrected chi connectivity index (χ3v) is 2.85. The van der Waals surface area contributed by atoms with Crippen LogP contribution in [0.4, 0.5) is 0 Å². The van der Waals surface area contributed by atoms with Crippen LogP contribution in [0.3, 0.4) is 0 Å². The molecule has 0 saturated carbocycles. The van der Waals surface area contributed by atoms with Crippen LogP contribution in [0, 0.1) is 0 Å². The highest BCUT2D eigenvalue weighted by Crippen LogP contribution is 2.23. The summed E-state index contributed by atoms with van der Waals surface area (Å²) in [7, 11) is 1.73. The molecule has 0 unspecified atom stereocenters. The summed E-state index contributed by atoms with van der Waals surface area (Å²) in [6, 6.07) is 12.7. The molecule has 0 aliphatic carbocycles. The zero-order valence-corrected chi connectivity index (χ0v) is 9.57. The maximum atomic E-state index is 5.16. The van der Waals surface area contributed by atoms with Gasteiger partial charge in [-0.25, -0.2) is 0 Å². The highest BCUT2D eigenvalue weighted by molar-refractivity contribution is 5.88. The lowest BCUT2D eigenvalue weighted by Crippen LogP contribution is -1.98. The molecule has 82 valence electrons. The Labute approximate surface area is 96.4 Å². The molecule has 0 aromatic heterocycles. The second-order valence-electron chi connectivity index (χ2n) is 3.80. The van der Waals surface area contributed by atoms with Crippen LogP contribution in [0.25, 0.3) is 16.8 Å². The van der Waals surface area contributed by atoms with Crippen LogP contribution in [0.5, 0.6) is 0 Å². The topological polar surface area (TPSA) is 9.23 Å². The minimum atomic E-state index is 0.745. The molecule has 0 heterocycles. The van der Waals surface area contributed by atoms with Crippen molar-refractivity contribution < 1.29 is 4.74 Å². The second kappa shape index (κ2) is 4.95. The first kappa shape index (κ1) is 10.9. The molecule has 0 atom stereocenters. The molecular formula is C15H16O. The van der Waals surface area contributed by atoms with E-state index in [0.29, 0.717) is 0 Å². The Hall–Kier alpha value is -1.60. The van der Waals surface area contributed by atoms with Crippen molar-refractivity contribution in [2.75, 3.05) is 13.7 Å². The van der Waals surface area contributed by atoms with Crippen molar-refractivity contribution in [1.29, 1.82) is 0 Å². The number of methoxy groups -OCH3 is 1. The fourth-order valence-corrected chi connectivity index (χ4v) is 2.03. The van der Waals surface area contributed by atoms with Crippen molar-refractivity contribution >= 4 is 16.8 Å². The number of benzene rings is 2. The Bertz CT molecular complexity index is 500. The van der Waals surface area contributed by atoms with Gasteiger partial charge in [-0.05, 0) is 28.3 Å². The smallest absolute Gasteiger partial charge is 0.0503 e. The largest absolute Gasteiger partial charge is 0.384 e. The van der Waals surface area contributed by atoms with Crippen LogP contribution in [0.1, 0.15) is 11.1 Å². The molecular weight excluding hydrogens is 196 g/mol. The molecule has 0 spiro atoms. The summed E-state index contributed by atoms with van der Waals surface area (Å²) >= 11 is 0. The van der Waals surface area contributed by atoms with Gasteiger partial charge in [0, 0.05) is 7.11 Å². The predicted octanol–water partition coefficient (Wildman–Crippen LogP) is 3.67. The SMILES string of the molecule is C=Cc1ccc2ccccc2c1CCOC. The average molecular weight is 212 g/mol. The van der Waals surface area contributed by atoms with Crippen molar-refractivity contribution in [2.24, 2.45) is 0 Å². The van der Waals surface area contributed by atoms with Gasteiger partial charge >= 0.3 is 0 Å². The number of rotatable bonds is 4. The van der Waals surface area contributed by atoms with E-state index in [-0.39, 0.29) is 0 Å². The Kier molecular flexibility index (Phi) is 3.37. The van der Waals surface area contributed by atoms with Gasteiger partial charge < -0.3 is 4.74 Å². The summed E-state index contributed by atoms with van der Waals surface area (Å²) in [6.45, 7) is 4.61. The highest BCUT2D eigenvalue weighted by Gasteiger charge is 2.04. The third-order valence-electron chi connectivity index (χ3n) is 2.85. The molecule has 0 bridgehead atoms. The fourth-order valence-electron chi connectivity index (χ4n) is 2.03. The molecule has 0 saturated heterocycles. The minimum Gasteiger partial charge on any atom is -0.384 e. The van der Waals surface area contributed by atoms with E-state index in [9.17, 15) is 0 Å². The van der Waals surface area contributed by atoms with Crippen molar-refractivity contribution in [3.8, 4) is 0 Å². The van der Waals surface area contributed by atoms with E-state index < -0.39 is 0 Å². The lowest BCUT2D eigenvalue weighted by atomic mass is 9.97. The first-order valence-electron chi connectivity index (χ1n) is 5.49. The lowest BCUT2D eigenvalue weighted by molar-refractivity contribution is 0.202. The second-order valence-corrected chi connectivity index (χ2v) is 3.80. The fraction of sp³-hybridized carbons (Fsp3) is 0.200. The summed E-state index contributed by atoms with van der Waals surface area (Å²) in [5, 5.41) is 2.58. The maximum absolute atomic E-state index is 5.16. The zero-order chi connectivity index (χ0) is 11.4. The van der Waals surface area contributed by atoms with Crippen molar-refractivity contribution in [1.82, 2.24) is 0 Å². The van der Waals surface area contributed by atoms with Crippen molar-refractivity contribution in [3.63, 3.8) is 0 Å². The van der Waals surface area contributed by atoms with Gasteiger partial charge in [0.15, 0.2) is 0 Å². The number of hydrogen-bond acceptors (Lipinski definition) is 1. The van der Waals surface area contributed by atoms with E-state index in [1.165, 1.54) is 21.9 Å². The van der Waals surface area contributed by atoms with Crippen molar-refractivity contribution in [3.05, 3.63) is 54.1 Å². The maximum Gasteiger partial charge on any atom is 0.0503 e. The summed E-state index contributed by atoms with van der Waals surface area (Å²) in [4.78, 5) is 0. The van der Waals surface area contributed by atoms with Gasteiger partial charge in [-0.3, -0.25) is 0 Å². The van der Waals surface area contributed by atoms with E-state index in [1.54, 1.807) is 7.11 Å². The molecule has 1 heteroatoms. The molecule has 2 aromatic rings. The normalized spacial score (nSPS) is 10.6. The summed E-state index contributed by atoms with van der Waals surface area (Å²) in [6.07, 6.45) is 2.84. The molecule has 0 radical (unpaired) electrons. The van der Waals surface area contributed by atoms with Crippen LogP contribution in [-0.2, 0) is 11.2 Å². The van der Waals surface area contributed by atoms with Gasteiger partial charge in [0.2, 0.25) is 0 Å². The molecule has 0 fully saturated rings. The first-order valence-corrected chi connectivity index (χ1v) is 5.49. The standard InChI is InChI=1S/C15H16O/c1-3-12-8-9-13-6-4-5-7-14(13)15(12)10-11-16-2/h3-9H,1,10-11H2,2H3. The van der Waals surface area contributed by atoms with Gasteiger partial charge in [-0.15, -0.1) is 0 Å². The Morgan fingerprint density at radius 3 is 2.75 bits per heavy atom. The average Bonchev–Trinajstić information content (AvgIpc) is 2.35. The summed E-state index contributed by atoms with van der Waals surface area (Å²) in [5.74, 6) is 0. The summed E-state index contributed by atoms with van der Waals surface area (Å²) < 4.78 is 5.16. The highest BCUT2D eigenvalue weighted by atomic mass is 16.5. The minimum absolute atomic E-state index is 0.745. The predicted molar refractivity (Wildman–Crippen MR) is 69.6 cm³/mol. The molecule has 2 rings (SSSR count). The molecule has 0 amide bonds. The number of hydrogen-bond donors (Lipinski definition) is 0. The first-order chi connectivity index (χ1) is 7.86. The van der Waals surface area contributed by atoms with Crippen LogP contribution < -0.4 is 0 Å². The van der Waals surface area contributed by atoms with E-state index in [0.717, 1.165) is 13.0 Å².